The predicted molar refractivity (Wildman–Crippen MR) is 77.1 cm³/mol. The van der Waals surface area contributed by atoms with Gasteiger partial charge in [-0.3, -0.25) is 4.90 Å². The molecule has 0 saturated carbocycles. The first-order chi connectivity index (χ1) is 9.24. The van der Waals surface area contributed by atoms with Gasteiger partial charge in [-0.15, -0.1) is 12.4 Å². The fourth-order valence-corrected chi connectivity index (χ4v) is 2.62. The zero-order valence-electron chi connectivity index (χ0n) is 11.3. The SMILES string of the molecule is Cl.OCCC[C@@H](c1c(F)cccc1F)N1CCNCC1. The van der Waals surface area contributed by atoms with Crippen LogP contribution in [0.4, 0.5) is 8.78 Å². The van der Waals surface area contributed by atoms with E-state index in [0.717, 1.165) is 26.2 Å². The van der Waals surface area contributed by atoms with Gasteiger partial charge in [-0.2, -0.15) is 0 Å². The number of aliphatic hydroxyl groups is 1. The highest BCUT2D eigenvalue weighted by molar-refractivity contribution is 5.85. The van der Waals surface area contributed by atoms with E-state index in [0.29, 0.717) is 12.8 Å². The Bertz CT molecular complexity index is 394. The number of nitrogens with zero attached hydrogens (tertiary/aromatic N) is 1. The largest absolute Gasteiger partial charge is 0.396 e. The van der Waals surface area contributed by atoms with E-state index < -0.39 is 11.6 Å². The van der Waals surface area contributed by atoms with Crippen LogP contribution >= 0.6 is 12.4 Å². The zero-order valence-corrected chi connectivity index (χ0v) is 12.1. The van der Waals surface area contributed by atoms with Gasteiger partial charge >= 0.3 is 0 Å². The van der Waals surface area contributed by atoms with Crippen LogP contribution in [0, 0.1) is 11.6 Å². The molecule has 0 unspecified atom stereocenters. The van der Waals surface area contributed by atoms with Gasteiger partial charge in [0.15, 0.2) is 0 Å². The molecule has 0 aliphatic carbocycles. The van der Waals surface area contributed by atoms with E-state index in [4.69, 9.17) is 5.11 Å². The summed E-state index contributed by atoms with van der Waals surface area (Å²) < 4.78 is 27.9. The minimum absolute atomic E-state index is 0. The van der Waals surface area contributed by atoms with E-state index in [2.05, 4.69) is 10.2 Å². The quantitative estimate of drug-likeness (QED) is 0.874. The molecule has 114 valence electrons. The van der Waals surface area contributed by atoms with Gasteiger partial charge in [0.05, 0.1) is 0 Å². The van der Waals surface area contributed by atoms with Crippen molar-refractivity contribution in [2.24, 2.45) is 0 Å². The molecule has 0 aromatic heterocycles. The second-order valence-corrected chi connectivity index (χ2v) is 4.80. The number of hydrogen-bond donors (Lipinski definition) is 2. The van der Waals surface area contributed by atoms with Crippen LogP contribution < -0.4 is 5.32 Å². The first kappa shape index (κ1) is 17.3. The average Bonchev–Trinajstić information content (AvgIpc) is 2.43. The maximum absolute atomic E-state index is 13.9. The number of halogens is 3. The Labute approximate surface area is 124 Å². The fourth-order valence-electron chi connectivity index (χ4n) is 2.62. The van der Waals surface area contributed by atoms with Gasteiger partial charge in [0.1, 0.15) is 11.6 Å². The maximum atomic E-state index is 13.9. The lowest BCUT2D eigenvalue weighted by molar-refractivity contribution is 0.148. The number of piperazine rings is 1. The fraction of sp³-hybridized carbons (Fsp3) is 0.571. The Morgan fingerprint density at radius 3 is 2.35 bits per heavy atom. The van der Waals surface area contributed by atoms with E-state index in [9.17, 15) is 8.78 Å². The first-order valence-corrected chi connectivity index (χ1v) is 6.73. The highest BCUT2D eigenvalue weighted by Crippen LogP contribution is 2.30. The summed E-state index contributed by atoms with van der Waals surface area (Å²) in [6.45, 7) is 3.23. The van der Waals surface area contributed by atoms with Crippen molar-refractivity contribution in [3.05, 3.63) is 35.4 Å². The van der Waals surface area contributed by atoms with Crippen molar-refractivity contribution in [1.29, 1.82) is 0 Å². The molecule has 1 aliphatic heterocycles. The number of hydrogen-bond acceptors (Lipinski definition) is 3. The summed E-state index contributed by atoms with van der Waals surface area (Å²) in [6.07, 6.45) is 1.11. The Kier molecular flexibility index (Phi) is 7.37. The van der Waals surface area contributed by atoms with E-state index in [1.54, 1.807) is 0 Å². The minimum Gasteiger partial charge on any atom is -0.396 e. The molecule has 20 heavy (non-hydrogen) atoms. The molecule has 0 bridgehead atoms. The van der Waals surface area contributed by atoms with Gasteiger partial charge < -0.3 is 10.4 Å². The number of benzene rings is 1. The van der Waals surface area contributed by atoms with Crippen LogP contribution in [-0.4, -0.2) is 42.8 Å². The third-order valence-electron chi connectivity index (χ3n) is 3.56. The lowest BCUT2D eigenvalue weighted by Gasteiger charge is -2.35. The molecular formula is C14H21ClF2N2O. The van der Waals surface area contributed by atoms with Crippen molar-refractivity contribution in [3.63, 3.8) is 0 Å². The van der Waals surface area contributed by atoms with Gasteiger partial charge in [0.25, 0.3) is 0 Å². The number of rotatable bonds is 5. The van der Waals surface area contributed by atoms with Crippen LogP contribution in [0.1, 0.15) is 24.4 Å². The van der Waals surface area contributed by atoms with Crippen molar-refractivity contribution in [1.82, 2.24) is 10.2 Å². The number of aliphatic hydroxyl groups excluding tert-OH is 1. The third kappa shape index (κ3) is 4.12. The van der Waals surface area contributed by atoms with Crippen LogP contribution in [0.15, 0.2) is 18.2 Å². The summed E-state index contributed by atoms with van der Waals surface area (Å²) in [5.41, 5.74) is 0.137. The maximum Gasteiger partial charge on any atom is 0.130 e. The van der Waals surface area contributed by atoms with Crippen molar-refractivity contribution in [2.75, 3.05) is 32.8 Å². The standard InChI is InChI=1S/C14H20F2N2O.ClH/c15-11-3-1-4-12(16)14(11)13(5-2-10-19)18-8-6-17-7-9-18;/h1,3-4,13,17,19H,2,5-10H2;1H/t13-;/m0./s1. The van der Waals surface area contributed by atoms with E-state index >= 15 is 0 Å². The minimum atomic E-state index is -0.499. The van der Waals surface area contributed by atoms with Gasteiger partial charge in [0.2, 0.25) is 0 Å². The predicted octanol–water partition coefficient (Wildman–Crippen LogP) is 2.11. The summed E-state index contributed by atoms with van der Waals surface area (Å²) in [5.74, 6) is -0.997. The molecule has 1 atom stereocenters. The van der Waals surface area contributed by atoms with Crippen LogP contribution in [0.5, 0.6) is 0 Å². The van der Waals surface area contributed by atoms with Crippen LogP contribution in [0.25, 0.3) is 0 Å². The highest BCUT2D eigenvalue weighted by Gasteiger charge is 2.26. The Balaban J connectivity index is 0.00000200. The summed E-state index contributed by atoms with van der Waals surface area (Å²) in [4.78, 5) is 2.09. The Morgan fingerprint density at radius 2 is 1.80 bits per heavy atom. The zero-order chi connectivity index (χ0) is 13.7. The second kappa shape index (κ2) is 8.52. The van der Waals surface area contributed by atoms with Crippen LogP contribution in [0.3, 0.4) is 0 Å². The molecule has 2 rings (SSSR count). The highest BCUT2D eigenvalue weighted by atomic mass is 35.5. The van der Waals surface area contributed by atoms with Gasteiger partial charge in [0, 0.05) is 44.4 Å². The summed E-state index contributed by atoms with van der Waals surface area (Å²) in [7, 11) is 0. The monoisotopic (exact) mass is 306 g/mol. The molecule has 0 radical (unpaired) electrons. The molecular weight excluding hydrogens is 286 g/mol. The molecule has 3 nitrogen and oxygen atoms in total. The van der Waals surface area contributed by atoms with Crippen molar-refractivity contribution >= 4 is 12.4 Å². The Morgan fingerprint density at radius 1 is 1.20 bits per heavy atom. The van der Waals surface area contributed by atoms with Gasteiger partial charge in [-0.05, 0) is 25.0 Å². The molecule has 1 saturated heterocycles. The van der Waals surface area contributed by atoms with Crippen molar-refractivity contribution in [3.8, 4) is 0 Å². The summed E-state index contributed by atoms with van der Waals surface area (Å²) in [5, 5.41) is 12.2. The van der Waals surface area contributed by atoms with E-state index in [1.165, 1.54) is 18.2 Å². The van der Waals surface area contributed by atoms with Gasteiger partial charge in [-0.1, -0.05) is 6.07 Å². The molecule has 1 fully saturated rings. The summed E-state index contributed by atoms with van der Waals surface area (Å²) >= 11 is 0. The average molecular weight is 307 g/mol. The number of nitrogens with one attached hydrogen (secondary N) is 1. The van der Waals surface area contributed by atoms with Crippen LogP contribution in [-0.2, 0) is 0 Å². The Hall–Kier alpha value is -0.750. The molecule has 1 aromatic rings. The molecule has 0 spiro atoms. The molecule has 6 heteroatoms. The topological polar surface area (TPSA) is 35.5 Å². The molecule has 1 aliphatic rings. The molecule has 0 amide bonds. The normalized spacial score (nSPS) is 17.6. The molecule has 1 heterocycles. The van der Waals surface area contributed by atoms with Gasteiger partial charge in [-0.25, -0.2) is 8.78 Å². The summed E-state index contributed by atoms with van der Waals surface area (Å²) in [6, 6.07) is 3.68. The third-order valence-corrected chi connectivity index (χ3v) is 3.56. The molecule has 1 aromatic carbocycles. The van der Waals surface area contributed by atoms with E-state index in [-0.39, 0.29) is 30.6 Å². The first-order valence-electron chi connectivity index (χ1n) is 6.73. The smallest absolute Gasteiger partial charge is 0.130 e. The van der Waals surface area contributed by atoms with Crippen molar-refractivity contribution < 1.29 is 13.9 Å². The van der Waals surface area contributed by atoms with Crippen LogP contribution in [0.2, 0.25) is 0 Å². The van der Waals surface area contributed by atoms with Crippen molar-refractivity contribution in [2.45, 2.75) is 18.9 Å². The van der Waals surface area contributed by atoms with E-state index in [1.807, 2.05) is 0 Å². The molecule has 2 N–H and O–H groups in total. The lowest BCUT2D eigenvalue weighted by atomic mass is 9.98. The lowest BCUT2D eigenvalue weighted by Crippen LogP contribution is -2.45. The second-order valence-electron chi connectivity index (χ2n) is 4.80.